The predicted molar refractivity (Wildman–Crippen MR) is 124 cm³/mol. The fourth-order valence-corrected chi connectivity index (χ4v) is 3.80. The summed E-state index contributed by atoms with van der Waals surface area (Å²) in [7, 11) is 0. The zero-order valence-corrected chi connectivity index (χ0v) is 19.6. The van der Waals surface area contributed by atoms with E-state index in [1.807, 2.05) is 29.2 Å². The second-order valence-electron chi connectivity index (χ2n) is 7.65. The summed E-state index contributed by atoms with van der Waals surface area (Å²) in [5.74, 6) is 0.614. The quantitative estimate of drug-likeness (QED) is 0.453. The van der Waals surface area contributed by atoms with E-state index in [0.29, 0.717) is 43.3 Å². The van der Waals surface area contributed by atoms with Gasteiger partial charge in [-0.05, 0) is 67.6 Å². The first-order chi connectivity index (χ1) is 15.4. The number of piperidine rings is 1. The molecule has 1 heterocycles. The van der Waals surface area contributed by atoms with E-state index in [9.17, 15) is 14.4 Å². The molecule has 8 heteroatoms. The van der Waals surface area contributed by atoms with Gasteiger partial charge in [0.25, 0.3) is 5.91 Å². The smallest absolute Gasteiger partial charge is 0.434 e. The molecule has 170 valence electrons. The SMILES string of the molecule is CCOC(=O)Oc1ccc(C(=O)NCC2CCN(C(=O)Cc3ccc(Br)cc3)CC2)cc1. The number of benzene rings is 2. The first kappa shape index (κ1) is 23.8. The Morgan fingerprint density at radius 1 is 1.03 bits per heavy atom. The summed E-state index contributed by atoms with van der Waals surface area (Å²) < 4.78 is 10.7. The molecule has 3 rings (SSSR count). The molecule has 2 aromatic rings. The third kappa shape index (κ3) is 7.09. The maximum absolute atomic E-state index is 12.5. The Morgan fingerprint density at radius 2 is 1.69 bits per heavy atom. The topological polar surface area (TPSA) is 84.9 Å². The molecule has 0 spiro atoms. The molecule has 1 aliphatic rings. The minimum Gasteiger partial charge on any atom is -0.434 e. The maximum atomic E-state index is 12.5. The molecule has 0 aliphatic carbocycles. The largest absolute Gasteiger partial charge is 0.513 e. The molecule has 1 fully saturated rings. The van der Waals surface area contributed by atoms with Crippen molar-refractivity contribution in [2.75, 3.05) is 26.2 Å². The zero-order chi connectivity index (χ0) is 22.9. The van der Waals surface area contributed by atoms with Gasteiger partial charge in [0.1, 0.15) is 5.75 Å². The van der Waals surface area contributed by atoms with Crippen LogP contribution in [0.2, 0.25) is 0 Å². The molecule has 2 amide bonds. The van der Waals surface area contributed by atoms with Gasteiger partial charge in [0, 0.05) is 29.7 Å². The number of rotatable bonds is 7. The van der Waals surface area contributed by atoms with Crippen LogP contribution in [0.4, 0.5) is 4.79 Å². The van der Waals surface area contributed by atoms with E-state index in [4.69, 9.17) is 9.47 Å². The van der Waals surface area contributed by atoms with Crippen LogP contribution in [-0.2, 0) is 16.0 Å². The number of carbonyl (C=O) groups excluding carboxylic acids is 3. The van der Waals surface area contributed by atoms with Gasteiger partial charge in [-0.1, -0.05) is 28.1 Å². The minimum absolute atomic E-state index is 0.139. The van der Waals surface area contributed by atoms with Crippen molar-refractivity contribution in [3.8, 4) is 5.75 Å². The molecule has 0 bridgehead atoms. The Labute approximate surface area is 196 Å². The van der Waals surface area contributed by atoms with Crippen LogP contribution >= 0.6 is 15.9 Å². The van der Waals surface area contributed by atoms with Crippen molar-refractivity contribution in [3.05, 3.63) is 64.1 Å². The lowest BCUT2D eigenvalue weighted by Gasteiger charge is -2.32. The van der Waals surface area contributed by atoms with Gasteiger partial charge in [0.2, 0.25) is 5.91 Å². The highest BCUT2D eigenvalue weighted by Gasteiger charge is 2.23. The summed E-state index contributed by atoms with van der Waals surface area (Å²) >= 11 is 3.40. The van der Waals surface area contributed by atoms with E-state index >= 15 is 0 Å². The number of ether oxygens (including phenoxy) is 2. The summed E-state index contributed by atoms with van der Waals surface area (Å²) in [6, 6.07) is 14.1. The molecule has 7 nitrogen and oxygen atoms in total. The van der Waals surface area contributed by atoms with E-state index in [1.54, 1.807) is 31.2 Å². The highest BCUT2D eigenvalue weighted by Crippen LogP contribution is 2.19. The predicted octanol–water partition coefficient (Wildman–Crippen LogP) is 4.20. The number of halogens is 1. The first-order valence-corrected chi connectivity index (χ1v) is 11.5. The van der Waals surface area contributed by atoms with Gasteiger partial charge in [-0.25, -0.2) is 4.79 Å². The minimum atomic E-state index is -0.772. The lowest BCUT2D eigenvalue weighted by Crippen LogP contribution is -2.42. The van der Waals surface area contributed by atoms with Crippen LogP contribution in [0.1, 0.15) is 35.7 Å². The van der Waals surface area contributed by atoms with Crippen LogP contribution in [0.25, 0.3) is 0 Å². The summed E-state index contributed by atoms with van der Waals surface area (Å²) in [5, 5.41) is 2.96. The highest BCUT2D eigenvalue weighted by atomic mass is 79.9. The second-order valence-corrected chi connectivity index (χ2v) is 8.56. The van der Waals surface area contributed by atoms with Crippen LogP contribution < -0.4 is 10.1 Å². The number of likely N-dealkylation sites (tertiary alicyclic amines) is 1. The van der Waals surface area contributed by atoms with E-state index in [-0.39, 0.29) is 18.4 Å². The van der Waals surface area contributed by atoms with Crippen molar-refractivity contribution >= 4 is 33.9 Å². The van der Waals surface area contributed by atoms with Crippen LogP contribution in [0, 0.1) is 5.92 Å². The Kier molecular flexibility index (Phi) is 8.67. The molecule has 32 heavy (non-hydrogen) atoms. The molecule has 1 aliphatic heterocycles. The fraction of sp³-hybridized carbons (Fsp3) is 0.375. The molecule has 0 atom stereocenters. The third-order valence-electron chi connectivity index (χ3n) is 5.37. The number of nitrogens with one attached hydrogen (secondary N) is 1. The van der Waals surface area contributed by atoms with Gasteiger partial charge in [-0.2, -0.15) is 0 Å². The Balaban J connectivity index is 1.39. The van der Waals surface area contributed by atoms with Gasteiger partial charge in [0.15, 0.2) is 0 Å². The van der Waals surface area contributed by atoms with Crippen LogP contribution in [0.3, 0.4) is 0 Å². The van der Waals surface area contributed by atoms with Crippen molar-refractivity contribution in [2.24, 2.45) is 5.92 Å². The van der Waals surface area contributed by atoms with Gasteiger partial charge in [0.05, 0.1) is 13.0 Å². The molecule has 0 radical (unpaired) electrons. The molecule has 1 saturated heterocycles. The molecule has 2 aromatic carbocycles. The van der Waals surface area contributed by atoms with Crippen LogP contribution in [-0.4, -0.2) is 49.1 Å². The Bertz CT molecular complexity index is 922. The average molecular weight is 503 g/mol. The molecule has 0 saturated carbocycles. The lowest BCUT2D eigenvalue weighted by molar-refractivity contribution is -0.131. The van der Waals surface area contributed by atoms with Crippen LogP contribution in [0.15, 0.2) is 53.0 Å². The Morgan fingerprint density at radius 3 is 2.31 bits per heavy atom. The molecule has 1 N–H and O–H groups in total. The van der Waals surface area contributed by atoms with Gasteiger partial charge in [-0.3, -0.25) is 9.59 Å². The number of amides is 2. The van der Waals surface area contributed by atoms with Crippen molar-refractivity contribution in [1.29, 1.82) is 0 Å². The van der Waals surface area contributed by atoms with Crippen LogP contribution in [0.5, 0.6) is 5.75 Å². The molecule has 0 unspecified atom stereocenters. The van der Waals surface area contributed by atoms with Crippen molar-refractivity contribution in [2.45, 2.75) is 26.2 Å². The number of hydrogen-bond donors (Lipinski definition) is 1. The summed E-state index contributed by atoms with van der Waals surface area (Å²) in [6.45, 7) is 3.90. The van der Waals surface area contributed by atoms with E-state index in [2.05, 4.69) is 21.2 Å². The summed E-state index contributed by atoms with van der Waals surface area (Å²) in [6.07, 6.45) is 1.36. The van der Waals surface area contributed by atoms with Gasteiger partial charge in [-0.15, -0.1) is 0 Å². The number of hydrogen-bond acceptors (Lipinski definition) is 5. The second kappa shape index (κ2) is 11.7. The highest BCUT2D eigenvalue weighted by molar-refractivity contribution is 9.10. The average Bonchev–Trinajstić information content (AvgIpc) is 2.80. The molecular weight excluding hydrogens is 476 g/mol. The monoisotopic (exact) mass is 502 g/mol. The van der Waals surface area contributed by atoms with E-state index in [1.165, 1.54) is 0 Å². The maximum Gasteiger partial charge on any atom is 0.513 e. The molecular formula is C24H27BrN2O5. The summed E-state index contributed by atoms with van der Waals surface area (Å²) in [5.41, 5.74) is 1.49. The third-order valence-corrected chi connectivity index (χ3v) is 5.90. The van der Waals surface area contributed by atoms with Gasteiger partial charge < -0.3 is 19.7 Å². The Hall–Kier alpha value is -2.87. The van der Waals surface area contributed by atoms with Crippen molar-refractivity contribution < 1.29 is 23.9 Å². The van der Waals surface area contributed by atoms with Crippen molar-refractivity contribution in [3.63, 3.8) is 0 Å². The standard InChI is InChI=1S/C24H27BrN2O5/c1-2-31-24(30)32-21-9-5-19(6-10-21)23(29)26-16-18-11-13-27(14-12-18)22(28)15-17-3-7-20(25)8-4-17/h3-10,18H,2,11-16H2,1H3,(H,26,29). The van der Waals surface area contributed by atoms with E-state index in [0.717, 1.165) is 22.9 Å². The first-order valence-electron chi connectivity index (χ1n) is 10.7. The lowest BCUT2D eigenvalue weighted by atomic mass is 9.96. The van der Waals surface area contributed by atoms with Crippen molar-refractivity contribution in [1.82, 2.24) is 10.2 Å². The molecule has 0 aromatic heterocycles. The summed E-state index contributed by atoms with van der Waals surface area (Å²) in [4.78, 5) is 38.2. The van der Waals surface area contributed by atoms with E-state index < -0.39 is 6.16 Å². The number of carbonyl (C=O) groups is 3. The fourth-order valence-electron chi connectivity index (χ4n) is 3.53. The van der Waals surface area contributed by atoms with Gasteiger partial charge >= 0.3 is 6.16 Å². The zero-order valence-electron chi connectivity index (χ0n) is 18.0. The number of nitrogens with zero attached hydrogens (tertiary/aromatic N) is 1. The normalized spacial score (nSPS) is 14.0.